The first-order chi connectivity index (χ1) is 7.81. The van der Waals surface area contributed by atoms with Crippen LogP contribution in [-0.4, -0.2) is 24.2 Å². The Balaban J connectivity index is 1.82. The maximum atomic E-state index is 5.76. The van der Waals surface area contributed by atoms with Crippen LogP contribution < -0.4 is 10.1 Å². The van der Waals surface area contributed by atoms with Gasteiger partial charge >= 0.3 is 0 Å². The summed E-state index contributed by atoms with van der Waals surface area (Å²) in [6.45, 7) is 2.18. The lowest BCUT2D eigenvalue weighted by Crippen LogP contribution is -2.45. The monoisotopic (exact) mass is 220 g/mol. The number of rotatable bonds is 5. The molecule has 0 radical (unpaired) electrons. The molecule has 1 heterocycles. The maximum absolute atomic E-state index is 5.76. The van der Waals surface area contributed by atoms with Gasteiger partial charge in [0.15, 0.2) is 0 Å². The van der Waals surface area contributed by atoms with E-state index >= 15 is 0 Å². The van der Waals surface area contributed by atoms with E-state index in [0.29, 0.717) is 12.1 Å². The maximum Gasteiger partial charge on any atom is 0.213 e. The van der Waals surface area contributed by atoms with E-state index in [1.54, 1.807) is 0 Å². The third-order valence-corrected chi connectivity index (χ3v) is 3.13. The molecule has 0 amide bonds. The van der Waals surface area contributed by atoms with Crippen molar-refractivity contribution in [1.29, 1.82) is 0 Å². The van der Waals surface area contributed by atoms with Crippen molar-refractivity contribution >= 4 is 0 Å². The first-order valence-corrected chi connectivity index (χ1v) is 6.10. The molecule has 1 aliphatic rings. The molecule has 0 unspecified atom stereocenters. The molecule has 0 saturated heterocycles. The Morgan fingerprint density at radius 2 is 2.25 bits per heavy atom. The molecule has 0 atom stereocenters. The second kappa shape index (κ2) is 5.30. The van der Waals surface area contributed by atoms with Crippen molar-refractivity contribution in [3.63, 3.8) is 0 Å². The zero-order valence-electron chi connectivity index (χ0n) is 10.1. The van der Waals surface area contributed by atoms with Gasteiger partial charge in [-0.1, -0.05) is 19.4 Å². The van der Waals surface area contributed by atoms with Gasteiger partial charge in [-0.15, -0.1) is 0 Å². The van der Waals surface area contributed by atoms with Gasteiger partial charge in [-0.3, -0.25) is 0 Å². The predicted octanol–water partition coefficient (Wildman–Crippen LogP) is 2.16. The molecule has 16 heavy (non-hydrogen) atoms. The van der Waals surface area contributed by atoms with E-state index in [4.69, 9.17) is 4.74 Å². The molecule has 0 bridgehead atoms. The van der Waals surface area contributed by atoms with Crippen LogP contribution in [0.1, 0.15) is 31.7 Å². The van der Waals surface area contributed by atoms with E-state index < -0.39 is 0 Å². The van der Waals surface area contributed by atoms with Crippen LogP contribution in [0.3, 0.4) is 0 Å². The highest BCUT2D eigenvalue weighted by molar-refractivity contribution is 5.18. The fourth-order valence-electron chi connectivity index (χ4n) is 1.99. The minimum Gasteiger partial charge on any atom is -0.474 e. The minimum absolute atomic E-state index is 0.349. The molecule has 0 aromatic carbocycles. The van der Waals surface area contributed by atoms with Crippen molar-refractivity contribution < 1.29 is 4.74 Å². The number of aryl methyl sites for hydroxylation is 1. The number of ether oxygens (including phenoxy) is 1. The number of aromatic nitrogens is 1. The van der Waals surface area contributed by atoms with Crippen molar-refractivity contribution in [3.05, 3.63) is 23.9 Å². The summed E-state index contributed by atoms with van der Waals surface area (Å²) in [6, 6.07) is 4.72. The smallest absolute Gasteiger partial charge is 0.213 e. The predicted molar refractivity (Wildman–Crippen MR) is 64.7 cm³/mol. The van der Waals surface area contributed by atoms with Crippen LogP contribution in [0.2, 0.25) is 0 Å². The molecule has 1 aromatic heterocycles. The first-order valence-electron chi connectivity index (χ1n) is 6.10. The van der Waals surface area contributed by atoms with Crippen LogP contribution in [-0.2, 0) is 6.42 Å². The summed E-state index contributed by atoms with van der Waals surface area (Å²) in [6.07, 6.45) is 6.71. The Morgan fingerprint density at radius 3 is 2.81 bits per heavy atom. The number of hydrogen-bond donors (Lipinski definition) is 1. The molecule has 3 nitrogen and oxygen atoms in total. The van der Waals surface area contributed by atoms with Crippen LogP contribution in [0.25, 0.3) is 0 Å². The molecular formula is C13H20N2O. The summed E-state index contributed by atoms with van der Waals surface area (Å²) in [5, 5.41) is 3.24. The lowest BCUT2D eigenvalue weighted by atomic mass is 9.89. The molecule has 3 heteroatoms. The Bertz CT molecular complexity index is 317. The Hall–Kier alpha value is -1.09. The summed E-state index contributed by atoms with van der Waals surface area (Å²) in [5.41, 5.74) is 1.29. The zero-order valence-corrected chi connectivity index (χ0v) is 10.1. The minimum atomic E-state index is 0.349. The third-order valence-electron chi connectivity index (χ3n) is 3.13. The van der Waals surface area contributed by atoms with Gasteiger partial charge in [0, 0.05) is 18.3 Å². The Labute approximate surface area is 97.2 Å². The van der Waals surface area contributed by atoms with Gasteiger partial charge in [0.1, 0.15) is 6.10 Å². The molecule has 0 aliphatic heterocycles. The van der Waals surface area contributed by atoms with Crippen LogP contribution in [0.5, 0.6) is 5.88 Å². The quantitative estimate of drug-likeness (QED) is 0.825. The summed E-state index contributed by atoms with van der Waals surface area (Å²) < 4.78 is 5.76. The standard InChI is InChI=1S/C13H20N2O/c1-3-4-10-5-6-13(15-9-10)16-12-7-11(8-12)14-2/h5-6,9,11-12,14H,3-4,7-8H2,1-2H3/t11-,12+. The summed E-state index contributed by atoms with van der Waals surface area (Å²) in [5.74, 6) is 0.763. The second-order valence-electron chi connectivity index (χ2n) is 4.45. The summed E-state index contributed by atoms with van der Waals surface area (Å²) >= 11 is 0. The van der Waals surface area contributed by atoms with E-state index in [1.807, 2.05) is 19.3 Å². The fraction of sp³-hybridized carbons (Fsp3) is 0.615. The highest BCUT2D eigenvalue weighted by Gasteiger charge is 2.29. The molecule has 1 fully saturated rings. The molecule has 1 aromatic rings. The molecule has 1 aliphatic carbocycles. The Kier molecular flexibility index (Phi) is 3.78. The van der Waals surface area contributed by atoms with Gasteiger partial charge in [0.2, 0.25) is 5.88 Å². The molecular weight excluding hydrogens is 200 g/mol. The van der Waals surface area contributed by atoms with Gasteiger partial charge in [-0.05, 0) is 31.9 Å². The first kappa shape index (κ1) is 11.4. The normalized spacial score (nSPS) is 23.9. The highest BCUT2D eigenvalue weighted by atomic mass is 16.5. The van der Waals surface area contributed by atoms with E-state index in [0.717, 1.165) is 31.6 Å². The number of nitrogens with zero attached hydrogens (tertiary/aromatic N) is 1. The van der Waals surface area contributed by atoms with Crippen molar-refractivity contribution in [3.8, 4) is 5.88 Å². The number of pyridine rings is 1. The van der Waals surface area contributed by atoms with Crippen LogP contribution in [0.15, 0.2) is 18.3 Å². The van der Waals surface area contributed by atoms with Crippen molar-refractivity contribution in [1.82, 2.24) is 10.3 Å². The lowest BCUT2D eigenvalue weighted by Gasteiger charge is -2.34. The van der Waals surface area contributed by atoms with Gasteiger partial charge in [0.25, 0.3) is 0 Å². The average molecular weight is 220 g/mol. The van der Waals surface area contributed by atoms with E-state index in [-0.39, 0.29) is 0 Å². The summed E-state index contributed by atoms with van der Waals surface area (Å²) in [4.78, 5) is 4.33. The second-order valence-corrected chi connectivity index (χ2v) is 4.45. The SMILES string of the molecule is CCCc1ccc(O[C@H]2C[C@@H](NC)C2)nc1. The fourth-order valence-corrected chi connectivity index (χ4v) is 1.99. The van der Waals surface area contributed by atoms with Crippen LogP contribution in [0, 0.1) is 0 Å². The lowest BCUT2D eigenvalue weighted by molar-refractivity contribution is 0.0839. The van der Waals surface area contributed by atoms with Gasteiger partial charge < -0.3 is 10.1 Å². The van der Waals surface area contributed by atoms with Gasteiger partial charge in [-0.2, -0.15) is 0 Å². The topological polar surface area (TPSA) is 34.1 Å². The van der Waals surface area contributed by atoms with Crippen molar-refractivity contribution in [2.45, 2.75) is 44.8 Å². The van der Waals surface area contributed by atoms with Crippen LogP contribution >= 0.6 is 0 Å². The van der Waals surface area contributed by atoms with E-state index in [9.17, 15) is 0 Å². The average Bonchev–Trinajstić information content (AvgIpc) is 2.25. The number of hydrogen-bond acceptors (Lipinski definition) is 3. The Morgan fingerprint density at radius 1 is 1.44 bits per heavy atom. The summed E-state index contributed by atoms with van der Waals surface area (Å²) in [7, 11) is 2.00. The van der Waals surface area contributed by atoms with Crippen molar-refractivity contribution in [2.24, 2.45) is 0 Å². The highest BCUT2D eigenvalue weighted by Crippen LogP contribution is 2.24. The largest absolute Gasteiger partial charge is 0.474 e. The zero-order chi connectivity index (χ0) is 11.4. The molecule has 1 saturated carbocycles. The molecule has 1 N–H and O–H groups in total. The number of nitrogens with one attached hydrogen (secondary N) is 1. The van der Waals surface area contributed by atoms with E-state index in [1.165, 1.54) is 5.56 Å². The molecule has 88 valence electrons. The van der Waals surface area contributed by atoms with Gasteiger partial charge in [0.05, 0.1) is 0 Å². The van der Waals surface area contributed by atoms with E-state index in [2.05, 4.69) is 23.3 Å². The van der Waals surface area contributed by atoms with Crippen molar-refractivity contribution in [2.75, 3.05) is 7.05 Å². The van der Waals surface area contributed by atoms with Crippen LogP contribution in [0.4, 0.5) is 0 Å². The molecule has 0 spiro atoms. The third kappa shape index (κ3) is 2.73. The van der Waals surface area contributed by atoms with Gasteiger partial charge in [-0.25, -0.2) is 4.98 Å². The molecule has 2 rings (SSSR count).